The second-order valence-electron chi connectivity index (χ2n) is 4.99. The van der Waals surface area contributed by atoms with Gasteiger partial charge in [0.1, 0.15) is 11.5 Å². The van der Waals surface area contributed by atoms with Crippen molar-refractivity contribution in [3.63, 3.8) is 0 Å². The molecule has 0 aliphatic rings. The normalized spacial score (nSPS) is 12.8. The first-order valence-electron chi connectivity index (χ1n) is 7.03. The van der Waals surface area contributed by atoms with Crippen LogP contribution in [0, 0.1) is 13.8 Å². The summed E-state index contributed by atoms with van der Waals surface area (Å²) in [6.07, 6.45) is 3.41. The number of hydrogen-bond acceptors (Lipinski definition) is 3. The van der Waals surface area contributed by atoms with Crippen LogP contribution < -0.4 is 5.32 Å². The SMILES string of the molecule is CCCNC(CCc1cccs1)c1cc(C)oc1C. The maximum atomic E-state index is 5.68. The van der Waals surface area contributed by atoms with E-state index in [-0.39, 0.29) is 0 Å². The van der Waals surface area contributed by atoms with E-state index in [1.807, 2.05) is 18.3 Å². The molecule has 0 saturated carbocycles. The van der Waals surface area contributed by atoms with Crippen LogP contribution in [-0.2, 0) is 6.42 Å². The van der Waals surface area contributed by atoms with Gasteiger partial charge in [-0.2, -0.15) is 0 Å². The highest BCUT2D eigenvalue weighted by molar-refractivity contribution is 7.09. The van der Waals surface area contributed by atoms with Crippen molar-refractivity contribution in [2.75, 3.05) is 6.54 Å². The summed E-state index contributed by atoms with van der Waals surface area (Å²) in [6.45, 7) is 7.34. The summed E-state index contributed by atoms with van der Waals surface area (Å²) in [5, 5.41) is 5.80. The van der Waals surface area contributed by atoms with Gasteiger partial charge in [-0.05, 0) is 57.2 Å². The lowest BCUT2D eigenvalue weighted by atomic mass is 10.0. The topological polar surface area (TPSA) is 25.2 Å². The predicted molar refractivity (Wildman–Crippen MR) is 81.9 cm³/mol. The molecule has 19 heavy (non-hydrogen) atoms. The van der Waals surface area contributed by atoms with Gasteiger partial charge in [0.05, 0.1) is 0 Å². The molecule has 3 heteroatoms. The van der Waals surface area contributed by atoms with Crippen LogP contribution in [0.5, 0.6) is 0 Å². The highest BCUT2D eigenvalue weighted by Crippen LogP contribution is 2.26. The van der Waals surface area contributed by atoms with Gasteiger partial charge in [0.2, 0.25) is 0 Å². The molecule has 2 aromatic heterocycles. The number of rotatable bonds is 7. The highest BCUT2D eigenvalue weighted by atomic mass is 32.1. The Labute approximate surface area is 119 Å². The van der Waals surface area contributed by atoms with Crippen LogP contribution in [-0.4, -0.2) is 6.54 Å². The van der Waals surface area contributed by atoms with Gasteiger partial charge in [-0.1, -0.05) is 13.0 Å². The molecule has 0 aromatic carbocycles. The number of hydrogen-bond donors (Lipinski definition) is 1. The summed E-state index contributed by atoms with van der Waals surface area (Å²) in [5.41, 5.74) is 1.32. The summed E-state index contributed by atoms with van der Waals surface area (Å²) in [5.74, 6) is 2.06. The molecule has 0 saturated heterocycles. The van der Waals surface area contributed by atoms with E-state index < -0.39 is 0 Å². The fourth-order valence-electron chi connectivity index (χ4n) is 2.42. The van der Waals surface area contributed by atoms with E-state index in [2.05, 4.69) is 42.7 Å². The summed E-state index contributed by atoms with van der Waals surface area (Å²) >= 11 is 1.84. The van der Waals surface area contributed by atoms with E-state index in [0.717, 1.165) is 37.3 Å². The highest BCUT2D eigenvalue weighted by Gasteiger charge is 2.16. The monoisotopic (exact) mass is 277 g/mol. The Bertz CT molecular complexity index is 487. The second kappa shape index (κ2) is 6.92. The zero-order chi connectivity index (χ0) is 13.7. The van der Waals surface area contributed by atoms with E-state index in [4.69, 9.17) is 4.42 Å². The number of nitrogens with one attached hydrogen (secondary N) is 1. The first-order chi connectivity index (χ1) is 9.20. The lowest BCUT2D eigenvalue weighted by Crippen LogP contribution is -2.22. The number of aryl methyl sites for hydroxylation is 3. The molecule has 2 aromatic rings. The average molecular weight is 277 g/mol. The van der Waals surface area contributed by atoms with E-state index in [0.29, 0.717) is 6.04 Å². The van der Waals surface area contributed by atoms with E-state index in [9.17, 15) is 0 Å². The Morgan fingerprint density at radius 3 is 2.79 bits per heavy atom. The molecule has 1 atom stereocenters. The molecule has 0 radical (unpaired) electrons. The van der Waals surface area contributed by atoms with Gasteiger partial charge in [0.15, 0.2) is 0 Å². The molecule has 1 N–H and O–H groups in total. The molecule has 0 fully saturated rings. The Morgan fingerprint density at radius 1 is 1.37 bits per heavy atom. The molecule has 0 aliphatic heterocycles. The molecule has 0 amide bonds. The first kappa shape index (κ1) is 14.4. The minimum absolute atomic E-state index is 0.402. The summed E-state index contributed by atoms with van der Waals surface area (Å²) in [6, 6.07) is 6.92. The average Bonchev–Trinajstić information content (AvgIpc) is 3.00. The van der Waals surface area contributed by atoms with E-state index >= 15 is 0 Å². The van der Waals surface area contributed by atoms with Crippen LogP contribution >= 0.6 is 11.3 Å². The van der Waals surface area contributed by atoms with Crippen molar-refractivity contribution in [2.45, 2.75) is 46.1 Å². The lowest BCUT2D eigenvalue weighted by molar-refractivity contribution is 0.468. The smallest absolute Gasteiger partial charge is 0.105 e. The molecule has 104 valence electrons. The van der Waals surface area contributed by atoms with Crippen molar-refractivity contribution >= 4 is 11.3 Å². The van der Waals surface area contributed by atoms with Crippen molar-refractivity contribution in [2.24, 2.45) is 0 Å². The van der Waals surface area contributed by atoms with Crippen molar-refractivity contribution in [3.8, 4) is 0 Å². The van der Waals surface area contributed by atoms with Gasteiger partial charge in [-0.15, -0.1) is 11.3 Å². The van der Waals surface area contributed by atoms with Crippen LogP contribution in [0.15, 0.2) is 28.0 Å². The Kier molecular flexibility index (Phi) is 5.23. The molecular weight excluding hydrogens is 254 g/mol. The van der Waals surface area contributed by atoms with Crippen LogP contribution in [0.3, 0.4) is 0 Å². The third-order valence-electron chi connectivity index (χ3n) is 3.36. The van der Waals surface area contributed by atoms with Crippen LogP contribution in [0.4, 0.5) is 0 Å². The maximum absolute atomic E-state index is 5.68. The van der Waals surface area contributed by atoms with Crippen LogP contribution in [0.2, 0.25) is 0 Å². The molecule has 2 heterocycles. The second-order valence-corrected chi connectivity index (χ2v) is 6.03. The minimum Gasteiger partial charge on any atom is -0.466 e. The Balaban J connectivity index is 2.04. The maximum Gasteiger partial charge on any atom is 0.105 e. The number of thiophene rings is 1. The number of furan rings is 1. The van der Waals surface area contributed by atoms with Gasteiger partial charge < -0.3 is 9.73 Å². The quantitative estimate of drug-likeness (QED) is 0.798. The van der Waals surface area contributed by atoms with Gasteiger partial charge >= 0.3 is 0 Å². The van der Waals surface area contributed by atoms with Crippen LogP contribution in [0.25, 0.3) is 0 Å². The largest absolute Gasteiger partial charge is 0.466 e. The van der Waals surface area contributed by atoms with E-state index in [1.54, 1.807) is 0 Å². The van der Waals surface area contributed by atoms with Gasteiger partial charge in [0, 0.05) is 16.5 Å². The summed E-state index contributed by atoms with van der Waals surface area (Å²) < 4.78 is 5.68. The van der Waals surface area contributed by atoms with Crippen LogP contribution in [0.1, 0.15) is 47.8 Å². The summed E-state index contributed by atoms with van der Waals surface area (Å²) in [4.78, 5) is 1.46. The zero-order valence-corrected chi connectivity index (χ0v) is 12.8. The molecule has 2 rings (SSSR count). The first-order valence-corrected chi connectivity index (χ1v) is 7.91. The van der Waals surface area contributed by atoms with E-state index in [1.165, 1.54) is 10.4 Å². The standard InChI is InChI=1S/C16H23NOS/c1-4-9-17-16(8-7-14-6-5-10-19-14)15-11-12(2)18-13(15)3/h5-6,10-11,16-17H,4,7-9H2,1-3H3. The molecule has 0 spiro atoms. The third kappa shape index (κ3) is 3.95. The molecule has 0 aliphatic carbocycles. The van der Waals surface area contributed by atoms with Gasteiger partial charge in [-0.25, -0.2) is 0 Å². The Morgan fingerprint density at radius 2 is 2.21 bits per heavy atom. The zero-order valence-electron chi connectivity index (χ0n) is 12.0. The fraction of sp³-hybridized carbons (Fsp3) is 0.500. The molecule has 1 unspecified atom stereocenters. The molecule has 0 bridgehead atoms. The van der Waals surface area contributed by atoms with Crippen molar-refractivity contribution in [1.82, 2.24) is 5.32 Å². The Hall–Kier alpha value is -1.06. The summed E-state index contributed by atoms with van der Waals surface area (Å²) in [7, 11) is 0. The predicted octanol–water partition coefficient (Wildman–Crippen LogP) is 4.63. The van der Waals surface area contributed by atoms with Gasteiger partial charge in [-0.3, -0.25) is 0 Å². The lowest BCUT2D eigenvalue weighted by Gasteiger charge is -2.17. The third-order valence-corrected chi connectivity index (χ3v) is 4.29. The van der Waals surface area contributed by atoms with Crippen molar-refractivity contribution in [3.05, 3.63) is 45.5 Å². The fourth-order valence-corrected chi connectivity index (χ4v) is 3.15. The van der Waals surface area contributed by atoms with Crippen molar-refractivity contribution < 1.29 is 4.42 Å². The minimum atomic E-state index is 0.402. The molecular formula is C16H23NOS. The molecule has 2 nitrogen and oxygen atoms in total. The van der Waals surface area contributed by atoms with Gasteiger partial charge in [0.25, 0.3) is 0 Å². The van der Waals surface area contributed by atoms with Crippen molar-refractivity contribution in [1.29, 1.82) is 0 Å².